The fourth-order valence-electron chi connectivity index (χ4n) is 8.28. The van der Waals surface area contributed by atoms with E-state index in [0.29, 0.717) is 23.9 Å². The molecule has 0 amide bonds. The van der Waals surface area contributed by atoms with Crippen LogP contribution in [0, 0.1) is 0 Å². The summed E-state index contributed by atoms with van der Waals surface area (Å²) >= 11 is 0. The zero-order valence-electron chi connectivity index (χ0n) is 47.0. The number of quaternary nitrogens is 1. The van der Waals surface area contributed by atoms with Gasteiger partial charge in [0.25, 0.3) is 0 Å². The maximum absolute atomic E-state index is 12.8. The van der Waals surface area contributed by atoms with Crippen molar-refractivity contribution < 1.29 is 42.1 Å². The predicted octanol–water partition coefficient (Wildman–Crippen LogP) is 18.3. The highest BCUT2D eigenvalue weighted by atomic mass is 31.2. The van der Waals surface area contributed by atoms with Gasteiger partial charge >= 0.3 is 19.8 Å². The second-order valence-corrected chi connectivity index (χ2v) is 22.5. The number of phosphoric acid groups is 1. The summed E-state index contributed by atoms with van der Waals surface area (Å²) in [5.41, 5.74) is 0. The maximum atomic E-state index is 12.8. The number of unbranched alkanes of at least 4 members (excludes halogenated alkanes) is 30. The van der Waals surface area contributed by atoms with Crippen LogP contribution in [-0.2, 0) is 32.7 Å². The maximum Gasteiger partial charge on any atom is 0.472 e. The molecule has 0 aliphatic carbocycles. The third-order valence-corrected chi connectivity index (χ3v) is 13.8. The first kappa shape index (κ1) is 68.7. The summed E-state index contributed by atoms with van der Waals surface area (Å²) < 4.78 is 34.5. The number of hydrogen-bond donors (Lipinski definition) is 1. The number of carbonyl (C=O) groups excluding carboxylic acids is 2. The Hall–Kier alpha value is -2.29. The molecule has 1 N–H and O–H groups in total. The third kappa shape index (κ3) is 56.9. The molecule has 0 aromatic carbocycles. The fraction of sp³-hybridized carbons (Fsp3) is 0.803. The Labute approximate surface area is 438 Å². The molecule has 0 aliphatic heterocycles. The Kier molecular flexibility index (Phi) is 50.9. The van der Waals surface area contributed by atoms with Crippen molar-refractivity contribution >= 4 is 19.8 Å². The molecule has 2 unspecified atom stereocenters. The summed E-state index contributed by atoms with van der Waals surface area (Å²) in [4.78, 5) is 35.6. The second kappa shape index (κ2) is 52.6. The molecule has 0 aromatic rings. The van der Waals surface area contributed by atoms with Gasteiger partial charge in [-0.1, -0.05) is 254 Å². The Balaban J connectivity index is 4.03. The molecule has 10 heteroatoms. The lowest BCUT2D eigenvalue weighted by Crippen LogP contribution is -2.37. The summed E-state index contributed by atoms with van der Waals surface area (Å²) in [6.07, 6.45) is 67.3. The first-order valence-corrected chi connectivity index (χ1v) is 31.0. The van der Waals surface area contributed by atoms with E-state index in [1.807, 2.05) is 21.1 Å². The van der Waals surface area contributed by atoms with Gasteiger partial charge in [-0.25, -0.2) is 4.57 Å². The van der Waals surface area contributed by atoms with Crippen molar-refractivity contribution in [2.24, 2.45) is 0 Å². The van der Waals surface area contributed by atoms with Crippen LogP contribution in [0.5, 0.6) is 0 Å². The van der Waals surface area contributed by atoms with Crippen LogP contribution in [0.25, 0.3) is 0 Å². The number of esters is 2. The van der Waals surface area contributed by atoms with Gasteiger partial charge in [-0.05, 0) is 57.8 Å². The van der Waals surface area contributed by atoms with E-state index in [2.05, 4.69) is 74.6 Å². The monoisotopic (exact) mass is 1020 g/mol. The van der Waals surface area contributed by atoms with Gasteiger partial charge in [0.2, 0.25) is 0 Å². The predicted molar refractivity (Wildman–Crippen MR) is 303 cm³/mol. The molecule has 414 valence electrons. The Morgan fingerprint density at radius 1 is 0.451 bits per heavy atom. The van der Waals surface area contributed by atoms with E-state index in [1.54, 1.807) is 0 Å². The van der Waals surface area contributed by atoms with Crippen LogP contribution in [-0.4, -0.2) is 74.9 Å². The average Bonchev–Trinajstić information content (AvgIpc) is 3.33. The lowest BCUT2D eigenvalue weighted by molar-refractivity contribution is -0.870. The summed E-state index contributed by atoms with van der Waals surface area (Å²) in [5, 5.41) is 0. The topological polar surface area (TPSA) is 108 Å². The van der Waals surface area contributed by atoms with E-state index in [4.69, 9.17) is 18.5 Å². The Morgan fingerprint density at radius 2 is 0.803 bits per heavy atom. The van der Waals surface area contributed by atoms with Crippen molar-refractivity contribution in [1.29, 1.82) is 0 Å². The standard InChI is InChI=1S/C61H112NO8P/c1-6-8-10-12-14-16-18-20-22-23-24-25-26-27-28-29-30-31-32-33-34-35-36-37-38-39-40-42-44-46-48-50-52-54-61(64)70-59(58-69-71(65,66)68-56-55-62(3,4)5)57-67-60(63)53-51-49-47-45-43-41-21-19-17-15-13-11-9-7-2/h8,10,14,16,20,22,24-25,27-28,59H,6-7,9,11-13,15,17-19,21,23,26,29-58H2,1-5H3/p+1/b10-8-,16-14-,22-20-,25-24-,28-27-. The molecule has 0 bridgehead atoms. The van der Waals surface area contributed by atoms with E-state index in [-0.39, 0.29) is 25.6 Å². The summed E-state index contributed by atoms with van der Waals surface area (Å²) in [6.45, 7) is 4.35. The number of likely N-dealkylation sites (N-methyl/N-ethyl adjacent to an activating group) is 1. The van der Waals surface area contributed by atoms with Crippen molar-refractivity contribution in [2.45, 2.75) is 270 Å². The van der Waals surface area contributed by atoms with Gasteiger partial charge in [-0.2, -0.15) is 0 Å². The molecule has 0 aliphatic rings. The minimum atomic E-state index is -4.38. The molecular formula is C61H113NO8P+. The van der Waals surface area contributed by atoms with Gasteiger partial charge in [-0.3, -0.25) is 18.6 Å². The van der Waals surface area contributed by atoms with Crippen LogP contribution in [0.4, 0.5) is 0 Å². The van der Waals surface area contributed by atoms with Crippen LogP contribution in [0.1, 0.15) is 264 Å². The lowest BCUT2D eigenvalue weighted by atomic mass is 10.0. The number of rotatable bonds is 54. The fourth-order valence-corrected chi connectivity index (χ4v) is 9.02. The molecule has 0 aromatic heterocycles. The van der Waals surface area contributed by atoms with Crippen molar-refractivity contribution in [1.82, 2.24) is 0 Å². The average molecular weight is 1020 g/mol. The molecule has 9 nitrogen and oxygen atoms in total. The minimum absolute atomic E-state index is 0.0329. The van der Waals surface area contributed by atoms with Crippen molar-refractivity contribution in [2.75, 3.05) is 47.5 Å². The molecular weight excluding hydrogens is 906 g/mol. The van der Waals surface area contributed by atoms with Crippen LogP contribution in [0.2, 0.25) is 0 Å². The van der Waals surface area contributed by atoms with Gasteiger partial charge in [-0.15, -0.1) is 0 Å². The Morgan fingerprint density at radius 3 is 1.20 bits per heavy atom. The normalized spacial score (nSPS) is 13.7. The molecule has 0 spiro atoms. The molecule has 0 radical (unpaired) electrons. The highest BCUT2D eigenvalue weighted by Gasteiger charge is 2.27. The zero-order valence-corrected chi connectivity index (χ0v) is 47.9. The highest BCUT2D eigenvalue weighted by Crippen LogP contribution is 2.43. The minimum Gasteiger partial charge on any atom is -0.462 e. The quantitative estimate of drug-likeness (QED) is 0.0211. The first-order chi connectivity index (χ1) is 34.5. The number of allylic oxidation sites excluding steroid dienone is 10. The van der Waals surface area contributed by atoms with E-state index >= 15 is 0 Å². The van der Waals surface area contributed by atoms with Crippen LogP contribution >= 0.6 is 7.82 Å². The van der Waals surface area contributed by atoms with Gasteiger partial charge in [0.05, 0.1) is 27.7 Å². The van der Waals surface area contributed by atoms with Crippen LogP contribution < -0.4 is 0 Å². The third-order valence-electron chi connectivity index (χ3n) is 12.8. The van der Waals surface area contributed by atoms with Crippen molar-refractivity contribution in [3.05, 3.63) is 60.8 Å². The van der Waals surface area contributed by atoms with Gasteiger partial charge < -0.3 is 18.9 Å². The van der Waals surface area contributed by atoms with E-state index in [9.17, 15) is 19.0 Å². The molecule has 0 heterocycles. The van der Waals surface area contributed by atoms with Crippen molar-refractivity contribution in [3.63, 3.8) is 0 Å². The second-order valence-electron chi connectivity index (χ2n) is 21.0. The molecule has 0 fully saturated rings. The van der Waals surface area contributed by atoms with Gasteiger partial charge in [0, 0.05) is 12.8 Å². The first-order valence-electron chi connectivity index (χ1n) is 29.5. The summed E-state index contributed by atoms with van der Waals surface area (Å²) in [5.74, 6) is -0.786. The molecule has 0 saturated carbocycles. The molecule has 71 heavy (non-hydrogen) atoms. The number of phosphoric ester groups is 1. The zero-order chi connectivity index (χ0) is 52.0. The number of ether oxygens (including phenoxy) is 2. The highest BCUT2D eigenvalue weighted by molar-refractivity contribution is 7.47. The summed E-state index contributed by atoms with van der Waals surface area (Å²) in [7, 11) is 1.49. The van der Waals surface area contributed by atoms with Gasteiger partial charge in [0.1, 0.15) is 19.8 Å². The lowest BCUT2D eigenvalue weighted by Gasteiger charge is -2.24. The number of hydrogen-bond acceptors (Lipinski definition) is 7. The van der Waals surface area contributed by atoms with E-state index < -0.39 is 26.5 Å². The molecule has 2 atom stereocenters. The largest absolute Gasteiger partial charge is 0.472 e. The van der Waals surface area contributed by atoms with Crippen molar-refractivity contribution in [3.8, 4) is 0 Å². The van der Waals surface area contributed by atoms with E-state index in [0.717, 1.165) is 64.2 Å². The van der Waals surface area contributed by atoms with Crippen LogP contribution in [0.3, 0.4) is 0 Å². The molecule has 0 saturated heterocycles. The smallest absolute Gasteiger partial charge is 0.462 e. The SMILES string of the molecule is CC/C=C\C/C=C\C/C=C\C/C=C\C/C=C\CCCCCCCCCCCCCCCCCCCC(=O)OC(COC(=O)CCCCCCCCCCCCCCCC)COP(=O)(O)OCC[N+](C)(C)C. The van der Waals surface area contributed by atoms with E-state index in [1.165, 1.54) is 167 Å². The number of carbonyl (C=O) groups is 2. The Bertz CT molecular complexity index is 1380. The summed E-state index contributed by atoms with van der Waals surface area (Å²) in [6, 6.07) is 0. The van der Waals surface area contributed by atoms with Gasteiger partial charge in [0.15, 0.2) is 6.10 Å². The van der Waals surface area contributed by atoms with Crippen LogP contribution in [0.15, 0.2) is 60.8 Å². The molecule has 0 rings (SSSR count). The number of nitrogens with zero attached hydrogens (tertiary/aromatic N) is 1.